The van der Waals surface area contributed by atoms with Gasteiger partial charge in [0.25, 0.3) is 0 Å². The van der Waals surface area contributed by atoms with E-state index in [9.17, 15) is 35.1 Å². The Bertz CT molecular complexity index is 565. The second-order valence-corrected chi connectivity index (χ2v) is 2.78. The summed E-state index contributed by atoms with van der Waals surface area (Å²) in [5.74, 6) is 0. The predicted octanol–water partition coefficient (Wildman–Crippen LogP) is 1.38. The molecule has 0 radical (unpaired) electrons. The quantitative estimate of drug-likeness (QED) is 0.339. The minimum Gasteiger partial charge on any atom is -0.258 e. The van der Waals surface area contributed by atoms with Crippen LogP contribution in [0.4, 0.5) is 22.7 Å². The van der Waals surface area contributed by atoms with Gasteiger partial charge in [-0.3, -0.25) is 30.3 Å². The smallest absolute Gasteiger partial charge is 0.258 e. The minimum absolute atomic E-state index is 0.654. The normalized spacial score (nSPS) is 9.33. The molecule has 11 nitrogen and oxygen atoms in total. The lowest BCUT2D eigenvalue weighted by atomic mass is 10.2. The van der Waals surface area contributed by atoms with Crippen LogP contribution in [0.5, 0.6) is 0 Å². The van der Waals surface area contributed by atoms with Crippen molar-refractivity contribution in [2.45, 2.75) is 0 Å². The molecule has 1 aromatic carbocycles. The van der Waals surface area contributed by atoms with Crippen molar-refractivity contribution in [3.05, 3.63) is 42.5 Å². The van der Waals surface area contributed by atoms with Gasteiger partial charge in [0.15, 0.2) is 5.69 Å². The number of hydrogen-bond acceptors (Lipinski definition) is 8. The molecule has 11 heteroatoms. The molecule has 0 bridgehead atoms. The third-order valence-electron chi connectivity index (χ3n) is 1.84. The third-order valence-corrected chi connectivity index (χ3v) is 1.84. The summed E-state index contributed by atoms with van der Waals surface area (Å²) in [5.41, 5.74) is -4.29. The average molecular weight is 254 g/mol. The number of nitro groups is 3. The summed E-state index contributed by atoms with van der Waals surface area (Å²) in [4.78, 5) is 41.2. The standard InChI is InChI=1S/C7H2N4O7/c12-3-8-4-1-2-5(9(13)14)7(11(17)18)6(4)10(15)16/h1-2H. The molecule has 1 rings (SSSR count). The number of nitro benzene ring substituents is 3. The van der Waals surface area contributed by atoms with Gasteiger partial charge < -0.3 is 0 Å². The van der Waals surface area contributed by atoms with Gasteiger partial charge in [-0.15, -0.1) is 0 Å². The number of rotatable bonds is 4. The van der Waals surface area contributed by atoms with E-state index in [1.165, 1.54) is 0 Å². The van der Waals surface area contributed by atoms with Crippen LogP contribution in [-0.2, 0) is 4.79 Å². The highest BCUT2D eigenvalue weighted by molar-refractivity contribution is 5.77. The second kappa shape index (κ2) is 4.76. The fourth-order valence-corrected chi connectivity index (χ4v) is 1.21. The number of carbonyl (C=O) groups excluding carboxylic acids is 1. The highest BCUT2D eigenvalue weighted by Crippen LogP contribution is 2.42. The van der Waals surface area contributed by atoms with Gasteiger partial charge in [0, 0.05) is 6.07 Å². The largest absolute Gasteiger partial charge is 0.424 e. The first-order valence-corrected chi connectivity index (χ1v) is 4.08. The molecular formula is C7H2N4O7. The van der Waals surface area contributed by atoms with Crippen LogP contribution in [0.1, 0.15) is 0 Å². The molecule has 0 aliphatic heterocycles. The van der Waals surface area contributed by atoms with E-state index >= 15 is 0 Å². The lowest BCUT2D eigenvalue weighted by Crippen LogP contribution is -2.01. The molecule has 0 N–H and O–H groups in total. The van der Waals surface area contributed by atoms with Crippen molar-refractivity contribution in [3.8, 4) is 0 Å². The number of hydrogen-bond donors (Lipinski definition) is 0. The molecule has 18 heavy (non-hydrogen) atoms. The fraction of sp³-hybridized carbons (Fsp3) is 0. The van der Waals surface area contributed by atoms with E-state index in [0.717, 1.165) is 12.1 Å². The molecule has 0 fully saturated rings. The number of aliphatic imine (C=N–C) groups is 1. The fourth-order valence-electron chi connectivity index (χ4n) is 1.21. The van der Waals surface area contributed by atoms with Crippen LogP contribution in [0.3, 0.4) is 0 Å². The molecule has 0 saturated heterocycles. The lowest BCUT2D eigenvalue weighted by molar-refractivity contribution is -0.440. The zero-order valence-corrected chi connectivity index (χ0v) is 8.30. The molecule has 0 atom stereocenters. The first-order valence-electron chi connectivity index (χ1n) is 4.08. The zero-order valence-electron chi connectivity index (χ0n) is 8.30. The number of nitrogens with zero attached hydrogens (tertiary/aromatic N) is 4. The van der Waals surface area contributed by atoms with Crippen LogP contribution >= 0.6 is 0 Å². The molecule has 1 aromatic rings. The monoisotopic (exact) mass is 254 g/mol. The maximum absolute atomic E-state index is 10.7. The third kappa shape index (κ3) is 2.15. The predicted molar refractivity (Wildman–Crippen MR) is 54.2 cm³/mol. The van der Waals surface area contributed by atoms with E-state index in [0.29, 0.717) is 6.07 Å². The van der Waals surface area contributed by atoms with E-state index in [2.05, 4.69) is 4.99 Å². The Morgan fingerprint density at radius 3 is 1.89 bits per heavy atom. The summed E-state index contributed by atoms with van der Waals surface area (Å²) >= 11 is 0. The van der Waals surface area contributed by atoms with Gasteiger partial charge in [0.2, 0.25) is 6.08 Å². The van der Waals surface area contributed by atoms with E-state index in [4.69, 9.17) is 0 Å². The second-order valence-electron chi connectivity index (χ2n) is 2.78. The van der Waals surface area contributed by atoms with Crippen LogP contribution in [0.25, 0.3) is 0 Å². The summed E-state index contributed by atoms with van der Waals surface area (Å²) in [6.07, 6.45) is 0.972. The molecular weight excluding hydrogens is 252 g/mol. The Labute approximate surface area is 96.8 Å². The zero-order chi connectivity index (χ0) is 13.9. The Balaban J connectivity index is 3.81. The highest BCUT2D eigenvalue weighted by Gasteiger charge is 2.38. The van der Waals surface area contributed by atoms with Crippen molar-refractivity contribution in [3.63, 3.8) is 0 Å². The van der Waals surface area contributed by atoms with E-state index in [-0.39, 0.29) is 0 Å². The van der Waals surface area contributed by atoms with Crippen LogP contribution < -0.4 is 0 Å². The molecule has 0 saturated carbocycles. The maximum Gasteiger partial charge on any atom is 0.424 e. The topological polar surface area (TPSA) is 159 Å². The van der Waals surface area contributed by atoms with Crippen LogP contribution in [0.2, 0.25) is 0 Å². The minimum atomic E-state index is -1.33. The summed E-state index contributed by atoms with van der Waals surface area (Å²) in [6, 6.07) is 1.41. The van der Waals surface area contributed by atoms with Gasteiger partial charge in [-0.2, -0.15) is 4.99 Å². The highest BCUT2D eigenvalue weighted by atomic mass is 16.6. The van der Waals surface area contributed by atoms with Crippen LogP contribution in [0.15, 0.2) is 17.1 Å². The van der Waals surface area contributed by atoms with Gasteiger partial charge in [0.1, 0.15) is 0 Å². The van der Waals surface area contributed by atoms with E-state index in [1.54, 1.807) is 0 Å². The van der Waals surface area contributed by atoms with Gasteiger partial charge >= 0.3 is 17.1 Å². The van der Waals surface area contributed by atoms with Gasteiger partial charge in [-0.05, 0) is 6.07 Å². The van der Waals surface area contributed by atoms with Crippen LogP contribution in [-0.4, -0.2) is 20.8 Å². The van der Waals surface area contributed by atoms with Crippen molar-refractivity contribution in [1.29, 1.82) is 0 Å². The van der Waals surface area contributed by atoms with Crippen molar-refractivity contribution in [2.24, 2.45) is 4.99 Å². The Hall–Kier alpha value is -3.20. The van der Waals surface area contributed by atoms with Gasteiger partial charge in [0.05, 0.1) is 14.8 Å². The van der Waals surface area contributed by atoms with Crippen molar-refractivity contribution in [2.75, 3.05) is 0 Å². The van der Waals surface area contributed by atoms with Crippen molar-refractivity contribution >= 4 is 28.8 Å². The van der Waals surface area contributed by atoms with Crippen LogP contribution in [0, 0.1) is 30.3 Å². The number of isocyanates is 1. The van der Waals surface area contributed by atoms with Gasteiger partial charge in [-0.1, -0.05) is 0 Å². The average Bonchev–Trinajstić information content (AvgIpc) is 2.27. The van der Waals surface area contributed by atoms with E-state index in [1.807, 2.05) is 0 Å². The summed E-state index contributed by atoms with van der Waals surface area (Å²) < 4.78 is 0. The summed E-state index contributed by atoms with van der Waals surface area (Å²) in [6.45, 7) is 0. The Morgan fingerprint density at radius 2 is 1.50 bits per heavy atom. The summed E-state index contributed by atoms with van der Waals surface area (Å²) in [5, 5.41) is 31.9. The van der Waals surface area contributed by atoms with E-state index < -0.39 is 37.5 Å². The molecule has 0 amide bonds. The molecule has 0 spiro atoms. The van der Waals surface area contributed by atoms with Crippen molar-refractivity contribution < 1.29 is 19.6 Å². The molecule has 0 heterocycles. The summed E-state index contributed by atoms with van der Waals surface area (Å²) in [7, 11) is 0. The first-order chi connectivity index (χ1) is 8.40. The Morgan fingerprint density at radius 1 is 0.944 bits per heavy atom. The molecule has 0 unspecified atom stereocenters. The molecule has 0 aliphatic rings. The first kappa shape index (κ1) is 12.9. The molecule has 0 aromatic heterocycles. The Kier molecular flexibility index (Phi) is 3.40. The molecule has 0 aliphatic carbocycles. The SMILES string of the molecule is O=C=Nc1ccc([N+](=O)[O-])c([N+](=O)[O-])c1[N+](=O)[O-]. The van der Waals surface area contributed by atoms with Crippen molar-refractivity contribution in [1.82, 2.24) is 0 Å². The maximum atomic E-state index is 10.7. The molecule has 92 valence electrons. The number of benzene rings is 1. The van der Waals surface area contributed by atoms with Gasteiger partial charge in [-0.25, -0.2) is 4.79 Å². The lowest BCUT2D eigenvalue weighted by Gasteiger charge is -1.98.